The van der Waals surface area contributed by atoms with Crippen molar-refractivity contribution in [2.45, 2.75) is 33.0 Å². The molecule has 0 unspecified atom stereocenters. The summed E-state index contributed by atoms with van der Waals surface area (Å²) in [5.74, 6) is 0.910. The van der Waals surface area contributed by atoms with E-state index in [2.05, 4.69) is 4.98 Å². The van der Waals surface area contributed by atoms with Crippen LogP contribution in [0, 0.1) is 0 Å². The van der Waals surface area contributed by atoms with Crippen LogP contribution < -0.4 is 5.73 Å². The van der Waals surface area contributed by atoms with E-state index in [0.717, 1.165) is 12.4 Å². The van der Waals surface area contributed by atoms with Crippen LogP contribution in [-0.2, 0) is 17.8 Å². The molecule has 0 radical (unpaired) electrons. The molecule has 0 aliphatic carbocycles. The zero-order chi connectivity index (χ0) is 9.68. The van der Waals surface area contributed by atoms with E-state index in [1.807, 2.05) is 24.6 Å². The molecule has 1 rings (SSSR count). The molecule has 0 fully saturated rings. The highest BCUT2D eigenvalue weighted by molar-refractivity contribution is 4.90. The Morgan fingerprint density at radius 1 is 1.62 bits per heavy atom. The second kappa shape index (κ2) is 4.99. The average Bonchev–Trinajstić information content (AvgIpc) is 2.51. The predicted molar refractivity (Wildman–Crippen MR) is 51.2 cm³/mol. The van der Waals surface area contributed by atoms with Crippen LogP contribution in [0.5, 0.6) is 0 Å². The van der Waals surface area contributed by atoms with Crippen LogP contribution in [0.2, 0.25) is 0 Å². The largest absolute Gasteiger partial charge is 0.377 e. The Kier molecular flexibility index (Phi) is 3.92. The van der Waals surface area contributed by atoms with E-state index >= 15 is 0 Å². The maximum Gasteiger partial charge on any atom is 0.122 e. The molecule has 0 aliphatic heterocycles. The van der Waals surface area contributed by atoms with E-state index in [-0.39, 0.29) is 6.10 Å². The first kappa shape index (κ1) is 10.2. The Morgan fingerprint density at radius 2 is 2.38 bits per heavy atom. The molecule has 4 nitrogen and oxygen atoms in total. The lowest BCUT2D eigenvalue weighted by atomic mass is 10.5. The fourth-order valence-corrected chi connectivity index (χ4v) is 1.12. The summed E-state index contributed by atoms with van der Waals surface area (Å²) in [4.78, 5) is 4.11. The number of imidazole rings is 1. The number of nitrogens with zero attached hydrogens (tertiary/aromatic N) is 2. The molecule has 0 bridgehead atoms. The van der Waals surface area contributed by atoms with Gasteiger partial charge in [-0.3, -0.25) is 0 Å². The Morgan fingerprint density at radius 3 is 3.00 bits per heavy atom. The van der Waals surface area contributed by atoms with Crippen LogP contribution in [0.3, 0.4) is 0 Å². The summed E-state index contributed by atoms with van der Waals surface area (Å²) in [6.45, 7) is 6.07. The molecule has 0 saturated heterocycles. The van der Waals surface area contributed by atoms with Crippen molar-refractivity contribution in [2.75, 3.05) is 6.61 Å². The van der Waals surface area contributed by atoms with Crippen LogP contribution in [0.25, 0.3) is 0 Å². The fourth-order valence-electron chi connectivity index (χ4n) is 1.12. The summed E-state index contributed by atoms with van der Waals surface area (Å²) in [5, 5.41) is 0. The Bertz CT molecular complexity index is 245. The van der Waals surface area contributed by atoms with E-state index in [0.29, 0.717) is 13.2 Å². The first-order valence-corrected chi connectivity index (χ1v) is 4.55. The molecule has 2 N–H and O–H groups in total. The molecule has 0 amide bonds. The second-order valence-electron chi connectivity index (χ2n) is 3.16. The van der Waals surface area contributed by atoms with Crippen molar-refractivity contribution in [3.63, 3.8) is 0 Å². The molecular weight excluding hydrogens is 166 g/mol. The number of hydrogen-bond donors (Lipinski definition) is 1. The van der Waals surface area contributed by atoms with Crippen molar-refractivity contribution in [3.8, 4) is 0 Å². The summed E-state index contributed by atoms with van der Waals surface area (Å²) >= 11 is 0. The zero-order valence-electron chi connectivity index (χ0n) is 8.23. The highest BCUT2D eigenvalue weighted by atomic mass is 16.5. The number of aromatic nitrogens is 2. The van der Waals surface area contributed by atoms with Crippen LogP contribution in [-0.4, -0.2) is 22.3 Å². The van der Waals surface area contributed by atoms with Gasteiger partial charge in [0.15, 0.2) is 0 Å². The maximum absolute atomic E-state index is 5.50. The average molecular weight is 183 g/mol. The van der Waals surface area contributed by atoms with Gasteiger partial charge in [-0.25, -0.2) is 4.98 Å². The minimum Gasteiger partial charge on any atom is -0.377 e. The van der Waals surface area contributed by atoms with E-state index in [9.17, 15) is 0 Å². The minimum atomic E-state index is 0.282. The molecule has 1 aromatic rings. The van der Waals surface area contributed by atoms with E-state index in [1.54, 1.807) is 6.20 Å². The topological polar surface area (TPSA) is 53.1 Å². The van der Waals surface area contributed by atoms with Gasteiger partial charge < -0.3 is 15.0 Å². The molecule has 0 aromatic carbocycles. The molecule has 1 heterocycles. The number of nitrogens with two attached hydrogens (primary N) is 1. The Labute approximate surface area is 78.7 Å². The zero-order valence-corrected chi connectivity index (χ0v) is 8.23. The highest BCUT2D eigenvalue weighted by Gasteiger charge is 2.00. The molecule has 74 valence electrons. The molecule has 0 saturated carbocycles. The summed E-state index contributed by atoms with van der Waals surface area (Å²) in [6, 6.07) is 0. The number of ether oxygens (including phenoxy) is 1. The molecule has 0 aliphatic rings. The number of rotatable bonds is 5. The molecule has 0 atom stereocenters. The lowest BCUT2D eigenvalue weighted by Gasteiger charge is -2.09. The normalized spacial score (nSPS) is 11.1. The minimum absolute atomic E-state index is 0.282. The van der Waals surface area contributed by atoms with Gasteiger partial charge in [-0.05, 0) is 13.8 Å². The monoisotopic (exact) mass is 183 g/mol. The van der Waals surface area contributed by atoms with Gasteiger partial charge in [0, 0.05) is 18.9 Å². The van der Waals surface area contributed by atoms with Crippen molar-refractivity contribution < 1.29 is 4.74 Å². The molecular formula is C9H17N3O. The standard InChI is InChI=1S/C9H17N3O/c1-8(2)13-6-5-12-4-3-11-9(12)7-10/h3-4,8H,5-7,10H2,1-2H3. The smallest absolute Gasteiger partial charge is 0.122 e. The van der Waals surface area contributed by atoms with Gasteiger partial charge in [0.05, 0.1) is 19.3 Å². The fraction of sp³-hybridized carbons (Fsp3) is 0.667. The van der Waals surface area contributed by atoms with Gasteiger partial charge in [0.1, 0.15) is 5.82 Å². The summed E-state index contributed by atoms with van der Waals surface area (Å²) < 4.78 is 7.44. The Hall–Kier alpha value is -0.870. The summed E-state index contributed by atoms with van der Waals surface area (Å²) in [5.41, 5.74) is 5.50. The van der Waals surface area contributed by atoms with E-state index in [4.69, 9.17) is 10.5 Å². The quantitative estimate of drug-likeness (QED) is 0.733. The lowest BCUT2D eigenvalue weighted by Crippen LogP contribution is -2.13. The third kappa shape index (κ3) is 3.16. The van der Waals surface area contributed by atoms with Crippen molar-refractivity contribution in [2.24, 2.45) is 5.73 Å². The van der Waals surface area contributed by atoms with Crippen molar-refractivity contribution in [1.82, 2.24) is 9.55 Å². The Balaban J connectivity index is 2.36. The van der Waals surface area contributed by atoms with E-state index < -0.39 is 0 Å². The molecule has 0 spiro atoms. The maximum atomic E-state index is 5.50. The van der Waals surface area contributed by atoms with Crippen molar-refractivity contribution >= 4 is 0 Å². The van der Waals surface area contributed by atoms with Gasteiger partial charge in [-0.15, -0.1) is 0 Å². The van der Waals surface area contributed by atoms with Crippen LogP contribution >= 0.6 is 0 Å². The van der Waals surface area contributed by atoms with Gasteiger partial charge in [0.2, 0.25) is 0 Å². The first-order chi connectivity index (χ1) is 6.24. The van der Waals surface area contributed by atoms with Gasteiger partial charge in [-0.2, -0.15) is 0 Å². The molecule has 1 aromatic heterocycles. The summed E-state index contributed by atoms with van der Waals surface area (Å²) in [7, 11) is 0. The first-order valence-electron chi connectivity index (χ1n) is 4.55. The predicted octanol–water partition coefficient (Wildman–Crippen LogP) is 0.767. The van der Waals surface area contributed by atoms with Crippen LogP contribution in [0.4, 0.5) is 0 Å². The van der Waals surface area contributed by atoms with Crippen molar-refractivity contribution in [3.05, 3.63) is 18.2 Å². The molecule has 13 heavy (non-hydrogen) atoms. The third-order valence-corrected chi connectivity index (χ3v) is 1.77. The van der Waals surface area contributed by atoms with Gasteiger partial charge in [0.25, 0.3) is 0 Å². The number of hydrogen-bond acceptors (Lipinski definition) is 3. The lowest BCUT2D eigenvalue weighted by molar-refractivity contribution is 0.0723. The SMILES string of the molecule is CC(C)OCCn1ccnc1CN. The summed E-state index contributed by atoms with van der Waals surface area (Å²) in [6.07, 6.45) is 3.97. The molecule has 4 heteroatoms. The van der Waals surface area contributed by atoms with Crippen molar-refractivity contribution in [1.29, 1.82) is 0 Å². The third-order valence-electron chi connectivity index (χ3n) is 1.77. The van der Waals surface area contributed by atoms with Gasteiger partial charge in [-0.1, -0.05) is 0 Å². The van der Waals surface area contributed by atoms with Crippen LogP contribution in [0.15, 0.2) is 12.4 Å². The van der Waals surface area contributed by atoms with Gasteiger partial charge >= 0.3 is 0 Å². The highest BCUT2D eigenvalue weighted by Crippen LogP contribution is 1.97. The van der Waals surface area contributed by atoms with E-state index in [1.165, 1.54) is 0 Å². The second-order valence-corrected chi connectivity index (χ2v) is 3.16. The van der Waals surface area contributed by atoms with Crippen LogP contribution in [0.1, 0.15) is 19.7 Å².